The molecule has 1 aromatic rings. The van der Waals surface area contributed by atoms with Crippen molar-refractivity contribution in [3.63, 3.8) is 0 Å². The van der Waals surface area contributed by atoms with Crippen LogP contribution in [0, 0.1) is 6.92 Å². The molecule has 0 amide bonds. The third-order valence-electron chi connectivity index (χ3n) is 2.45. The molecule has 1 aromatic heterocycles. The van der Waals surface area contributed by atoms with Gasteiger partial charge in [0.15, 0.2) is 0 Å². The van der Waals surface area contributed by atoms with Gasteiger partial charge in [-0.3, -0.25) is 0 Å². The average molecular weight is 181 g/mol. The number of H-pyrrole nitrogens is 1. The van der Waals surface area contributed by atoms with Crippen LogP contribution in [-0.2, 0) is 17.7 Å². The van der Waals surface area contributed by atoms with Crippen LogP contribution in [0.1, 0.15) is 23.6 Å². The molecule has 2 N–H and O–H groups in total. The van der Waals surface area contributed by atoms with Crippen LogP contribution in [0.25, 0.3) is 0 Å². The number of hydrogen-bond acceptors (Lipinski definition) is 3. The number of hydroxylamine groups is 1. The molecule has 1 aliphatic carbocycles. The Hall–Kier alpha value is -0.870. The van der Waals surface area contributed by atoms with Gasteiger partial charge in [0.05, 0.1) is 12.8 Å². The first kappa shape index (κ1) is 8.72. The maximum atomic E-state index is 4.92. The van der Waals surface area contributed by atoms with Crippen molar-refractivity contribution in [2.75, 3.05) is 7.11 Å². The van der Waals surface area contributed by atoms with Crippen LogP contribution in [0.3, 0.4) is 0 Å². The molecule has 0 saturated carbocycles. The van der Waals surface area contributed by atoms with Gasteiger partial charge in [-0.15, -0.1) is 0 Å². The summed E-state index contributed by atoms with van der Waals surface area (Å²) in [6.07, 6.45) is 3.13. The minimum absolute atomic E-state index is 0.428. The molecule has 1 aliphatic rings. The molecule has 1 unspecified atom stereocenters. The van der Waals surface area contributed by atoms with Gasteiger partial charge in [-0.05, 0) is 19.8 Å². The molecule has 0 radical (unpaired) electrons. The first-order valence-electron chi connectivity index (χ1n) is 4.62. The summed E-state index contributed by atoms with van der Waals surface area (Å²) < 4.78 is 0. The van der Waals surface area contributed by atoms with E-state index in [0.717, 1.165) is 25.1 Å². The van der Waals surface area contributed by atoms with E-state index in [0.29, 0.717) is 6.04 Å². The summed E-state index contributed by atoms with van der Waals surface area (Å²) in [5, 5.41) is 0. The Morgan fingerprint density at radius 3 is 3.23 bits per heavy atom. The lowest BCUT2D eigenvalue weighted by Crippen LogP contribution is -2.33. The monoisotopic (exact) mass is 181 g/mol. The zero-order valence-electron chi connectivity index (χ0n) is 8.05. The van der Waals surface area contributed by atoms with Gasteiger partial charge < -0.3 is 9.82 Å². The summed E-state index contributed by atoms with van der Waals surface area (Å²) in [5.41, 5.74) is 5.48. The number of nitrogens with zero attached hydrogens (tertiary/aromatic N) is 1. The van der Waals surface area contributed by atoms with Crippen LogP contribution in [0.5, 0.6) is 0 Å². The van der Waals surface area contributed by atoms with Gasteiger partial charge >= 0.3 is 0 Å². The fourth-order valence-corrected chi connectivity index (χ4v) is 1.89. The van der Waals surface area contributed by atoms with Crippen molar-refractivity contribution in [1.29, 1.82) is 0 Å². The van der Waals surface area contributed by atoms with Gasteiger partial charge in [-0.25, -0.2) is 4.98 Å². The van der Waals surface area contributed by atoms with E-state index in [1.54, 1.807) is 7.11 Å². The van der Waals surface area contributed by atoms with E-state index >= 15 is 0 Å². The minimum atomic E-state index is 0.428. The van der Waals surface area contributed by atoms with Crippen LogP contribution in [0.2, 0.25) is 0 Å². The predicted molar refractivity (Wildman–Crippen MR) is 49.3 cm³/mol. The summed E-state index contributed by atoms with van der Waals surface area (Å²) in [7, 11) is 1.66. The smallest absolute Gasteiger partial charge is 0.103 e. The standard InChI is InChI=1S/C9H15N3O/c1-6-10-8-4-3-7(12-13-2)5-9(8)11-6/h7,12H,3-5H2,1-2H3,(H,10,11). The van der Waals surface area contributed by atoms with Crippen LogP contribution >= 0.6 is 0 Å². The number of imidazole rings is 1. The van der Waals surface area contributed by atoms with Crippen LogP contribution in [0.4, 0.5) is 0 Å². The van der Waals surface area contributed by atoms with Crippen LogP contribution in [-0.4, -0.2) is 23.1 Å². The molecule has 2 rings (SSSR count). The molecule has 0 aromatic carbocycles. The summed E-state index contributed by atoms with van der Waals surface area (Å²) in [5.74, 6) is 1.02. The molecule has 0 fully saturated rings. The van der Waals surface area contributed by atoms with Gasteiger partial charge in [0.25, 0.3) is 0 Å². The fraction of sp³-hybridized carbons (Fsp3) is 0.667. The third kappa shape index (κ3) is 1.73. The zero-order chi connectivity index (χ0) is 9.26. The quantitative estimate of drug-likeness (QED) is 0.661. The topological polar surface area (TPSA) is 49.9 Å². The number of nitrogens with one attached hydrogen (secondary N) is 2. The van der Waals surface area contributed by atoms with E-state index < -0.39 is 0 Å². The summed E-state index contributed by atoms with van der Waals surface area (Å²) >= 11 is 0. The Kier molecular flexibility index (Phi) is 2.33. The van der Waals surface area contributed by atoms with Crippen LogP contribution < -0.4 is 5.48 Å². The SMILES string of the molecule is CONC1CCc2nc(C)[nH]c2C1. The summed E-state index contributed by atoms with van der Waals surface area (Å²) in [4.78, 5) is 12.6. The molecule has 0 spiro atoms. The van der Waals surface area contributed by atoms with Crippen molar-refractivity contribution < 1.29 is 4.84 Å². The van der Waals surface area contributed by atoms with Crippen molar-refractivity contribution in [3.05, 3.63) is 17.2 Å². The lowest BCUT2D eigenvalue weighted by atomic mass is 9.97. The Labute approximate surface area is 77.7 Å². The van der Waals surface area contributed by atoms with Crippen molar-refractivity contribution >= 4 is 0 Å². The number of aromatic amines is 1. The molecular weight excluding hydrogens is 166 g/mol. The van der Waals surface area contributed by atoms with E-state index in [-0.39, 0.29) is 0 Å². The lowest BCUT2D eigenvalue weighted by molar-refractivity contribution is 0.0561. The van der Waals surface area contributed by atoms with Gasteiger partial charge in [0.1, 0.15) is 5.82 Å². The first-order valence-corrected chi connectivity index (χ1v) is 4.62. The number of hydrogen-bond donors (Lipinski definition) is 2. The Morgan fingerprint density at radius 1 is 1.62 bits per heavy atom. The molecule has 0 saturated heterocycles. The number of fused-ring (bicyclic) bond motifs is 1. The maximum Gasteiger partial charge on any atom is 0.103 e. The molecule has 13 heavy (non-hydrogen) atoms. The number of aromatic nitrogens is 2. The van der Waals surface area contributed by atoms with Gasteiger partial charge in [-0.2, -0.15) is 5.48 Å². The second-order valence-corrected chi connectivity index (χ2v) is 3.51. The third-order valence-corrected chi connectivity index (χ3v) is 2.45. The Bertz CT molecular complexity index is 295. The largest absolute Gasteiger partial charge is 0.346 e. The summed E-state index contributed by atoms with van der Waals surface area (Å²) in [6.45, 7) is 2.00. The second-order valence-electron chi connectivity index (χ2n) is 3.51. The molecule has 1 atom stereocenters. The van der Waals surface area contributed by atoms with Gasteiger partial charge in [0, 0.05) is 18.2 Å². The van der Waals surface area contributed by atoms with Crippen molar-refractivity contribution in [1.82, 2.24) is 15.4 Å². The molecule has 0 bridgehead atoms. The van der Waals surface area contributed by atoms with Crippen molar-refractivity contribution in [3.8, 4) is 0 Å². The number of aryl methyl sites for hydroxylation is 2. The minimum Gasteiger partial charge on any atom is -0.346 e. The van der Waals surface area contributed by atoms with E-state index in [1.165, 1.54) is 11.4 Å². The summed E-state index contributed by atoms with van der Waals surface area (Å²) in [6, 6.07) is 0.428. The first-order chi connectivity index (χ1) is 6.29. The molecule has 0 aliphatic heterocycles. The number of rotatable bonds is 2. The van der Waals surface area contributed by atoms with Crippen LogP contribution in [0.15, 0.2) is 0 Å². The van der Waals surface area contributed by atoms with E-state index in [2.05, 4.69) is 15.4 Å². The van der Waals surface area contributed by atoms with Gasteiger partial charge in [-0.1, -0.05) is 0 Å². The van der Waals surface area contributed by atoms with E-state index in [1.807, 2.05) is 6.92 Å². The lowest BCUT2D eigenvalue weighted by Gasteiger charge is -2.20. The normalized spacial score (nSPS) is 21.5. The van der Waals surface area contributed by atoms with Gasteiger partial charge in [0.2, 0.25) is 0 Å². The van der Waals surface area contributed by atoms with Crippen molar-refractivity contribution in [2.45, 2.75) is 32.2 Å². The average Bonchev–Trinajstić information content (AvgIpc) is 2.44. The Balaban J connectivity index is 2.10. The molecule has 1 heterocycles. The second kappa shape index (κ2) is 3.47. The molecule has 4 nitrogen and oxygen atoms in total. The van der Waals surface area contributed by atoms with E-state index in [4.69, 9.17) is 4.84 Å². The maximum absolute atomic E-state index is 4.92. The molecule has 4 heteroatoms. The highest BCUT2D eigenvalue weighted by molar-refractivity contribution is 5.18. The fourth-order valence-electron chi connectivity index (χ4n) is 1.89. The van der Waals surface area contributed by atoms with E-state index in [9.17, 15) is 0 Å². The Morgan fingerprint density at radius 2 is 2.46 bits per heavy atom. The zero-order valence-corrected chi connectivity index (χ0v) is 8.05. The molecule has 72 valence electrons. The highest BCUT2D eigenvalue weighted by Gasteiger charge is 2.20. The van der Waals surface area contributed by atoms with Crippen molar-refractivity contribution in [2.24, 2.45) is 0 Å². The highest BCUT2D eigenvalue weighted by atomic mass is 16.6. The highest BCUT2D eigenvalue weighted by Crippen LogP contribution is 2.18. The molecular formula is C9H15N3O. The predicted octanol–water partition coefficient (Wildman–Crippen LogP) is 0.726.